The van der Waals surface area contributed by atoms with E-state index >= 15 is 0 Å². The highest BCUT2D eigenvalue weighted by Gasteiger charge is 2.37. The summed E-state index contributed by atoms with van der Waals surface area (Å²) in [5.74, 6) is 0.791. The molecule has 0 saturated heterocycles. The molecular formula is C13H16N4O2S2. The van der Waals surface area contributed by atoms with Crippen molar-refractivity contribution in [3.63, 3.8) is 0 Å². The molecule has 2 aromatic rings. The van der Waals surface area contributed by atoms with Crippen molar-refractivity contribution in [3.05, 3.63) is 24.2 Å². The molecule has 1 saturated carbocycles. The zero-order valence-electron chi connectivity index (χ0n) is 11.8. The molecule has 1 N–H and O–H groups in total. The summed E-state index contributed by atoms with van der Waals surface area (Å²) in [6, 6.07) is 3.76. The number of carbonyl (C=O) groups is 1. The average Bonchev–Trinajstić information content (AvgIpc) is 2.99. The lowest BCUT2D eigenvalue weighted by atomic mass is 10.2. The summed E-state index contributed by atoms with van der Waals surface area (Å²) < 4.78 is 9.57. The first kappa shape index (κ1) is 14.4. The van der Waals surface area contributed by atoms with Gasteiger partial charge >= 0.3 is 6.03 Å². The second-order valence-electron chi connectivity index (χ2n) is 4.85. The lowest BCUT2D eigenvalue weighted by Gasteiger charge is -2.27. The minimum atomic E-state index is -0.148. The SMILES string of the molecule is CSc1nsc(NC(=O)N(C2CC2)C(C)c2ccco2)n1. The molecule has 1 fully saturated rings. The van der Waals surface area contributed by atoms with Crippen molar-refractivity contribution in [1.29, 1.82) is 0 Å². The number of nitrogens with zero attached hydrogens (tertiary/aromatic N) is 3. The minimum absolute atomic E-state index is 0.0968. The molecule has 0 aromatic carbocycles. The number of thioether (sulfide) groups is 1. The third-order valence-electron chi connectivity index (χ3n) is 3.35. The molecule has 112 valence electrons. The third kappa shape index (κ3) is 3.21. The van der Waals surface area contributed by atoms with Crippen molar-refractivity contribution in [2.75, 3.05) is 11.6 Å². The Hall–Kier alpha value is -1.54. The molecule has 0 aliphatic heterocycles. The van der Waals surface area contributed by atoms with Crippen LogP contribution in [0.2, 0.25) is 0 Å². The maximum Gasteiger partial charge on any atom is 0.324 e. The van der Waals surface area contributed by atoms with E-state index in [1.54, 1.807) is 6.26 Å². The summed E-state index contributed by atoms with van der Waals surface area (Å²) in [4.78, 5) is 18.6. The predicted octanol–water partition coefficient (Wildman–Crippen LogP) is 3.61. The van der Waals surface area contributed by atoms with Crippen LogP contribution < -0.4 is 5.32 Å². The maximum atomic E-state index is 12.5. The van der Waals surface area contributed by atoms with Crippen LogP contribution >= 0.6 is 23.3 Å². The van der Waals surface area contributed by atoms with E-state index in [0.717, 1.165) is 18.6 Å². The molecule has 0 bridgehead atoms. The number of hydrogen-bond acceptors (Lipinski definition) is 6. The van der Waals surface area contributed by atoms with Gasteiger partial charge in [-0.05, 0) is 38.2 Å². The van der Waals surface area contributed by atoms with E-state index < -0.39 is 0 Å². The number of aromatic nitrogens is 2. The first-order valence-electron chi connectivity index (χ1n) is 6.69. The summed E-state index contributed by atoms with van der Waals surface area (Å²) in [5.41, 5.74) is 0. The highest BCUT2D eigenvalue weighted by atomic mass is 32.2. The maximum absolute atomic E-state index is 12.5. The average molecular weight is 324 g/mol. The molecule has 0 spiro atoms. The Morgan fingerprint density at radius 3 is 3.00 bits per heavy atom. The van der Waals surface area contributed by atoms with Crippen LogP contribution in [0.4, 0.5) is 9.93 Å². The van der Waals surface area contributed by atoms with E-state index in [1.165, 1.54) is 23.3 Å². The number of urea groups is 1. The van der Waals surface area contributed by atoms with E-state index in [-0.39, 0.29) is 18.1 Å². The van der Waals surface area contributed by atoms with Gasteiger partial charge in [0, 0.05) is 17.6 Å². The zero-order valence-corrected chi connectivity index (χ0v) is 13.4. The van der Waals surface area contributed by atoms with Gasteiger partial charge in [0.25, 0.3) is 0 Å². The van der Waals surface area contributed by atoms with Crippen LogP contribution in [0.1, 0.15) is 31.6 Å². The van der Waals surface area contributed by atoms with Gasteiger partial charge in [-0.25, -0.2) is 4.79 Å². The van der Waals surface area contributed by atoms with E-state index in [4.69, 9.17) is 4.42 Å². The van der Waals surface area contributed by atoms with Gasteiger partial charge in [0.15, 0.2) is 0 Å². The second-order valence-corrected chi connectivity index (χ2v) is 6.37. The number of anilines is 1. The smallest absolute Gasteiger partial charge is 0.324 e. The highest BCUT2D eigenvalue weighted by molar-refractivity contribution is 7.98. The van der Waals surface area contributed by atoms with Crippen molar-refractivity contribution >= 4 is 34.5 Å². The Kier molecular flexibility index (Phi) is 4.16. The number of hydrogen-bond donors (Lipinski definition) is 1. The first-order valence-corrected chi connectivity index (χ1v) is 8.69. The van der Waals surface area contributed by atoms with E-state index in [9.17, 15) is 4.79 Å². The lowest BCUT2D eigenvalue weighted by Crippen LogP contribution is -2.38. The van der Waals surface area contributed by atoms with E-state index in [2.05, 4.69) is 14.7 Å². The van der Waals surface area contributed by atoms with Gasteiger partial charge < -0.3 is 9.32 Å². The Bertz CT molecular complexity index is 609. The Labute approximate surface area is 131 Å². The summed E-state index contributed by atoms with van der Waals surface area (Å²) in [6.07, 6.45) is 5.60. The van der Waals surface area contributed by atoms with Crippen LogP contribution in [-0.2, 0) is 0 Å². The van der Waals surface area contributed by atoms with Crippen LogP contribution in [0.25, 0.3) is 0 Å². The van der Waals surface area contributed by atoms with Gasteiger partial charge in [0.2, 0.25) is 10.3 Å². The molecule has 8 heteroatoms. The van der Waals surface area contributed by atoms with Crippen LogP contribution in [0.5, 0.6) is 0 Å². The van der Waals surface area contributed by atoms with Gasteiger partial charge in [-0.2, -0.15) is 9.36 Å². The molecule has 2 aromatic heterocycles. The molecular weight excluding hydrogens is 308 g/mol. The predicted molar refractivity (Wildman–Crippen MR) is 82.7 cm³/mol. The summed E-state index contributed by atoms with van der Waals surface area (Å²) in [7, 11) is 0. The molecule has 1 aliphatic carbocycles. The molecule has 2 heterocycles. The molecule has 21 heavy (non-hydrogen) atoms. The van der Waals surface area contributed by atoms with Crippen LogP contribution in [-0.4, -0.2) is 32.6 Å². The fraction of sp³-hybridized carbons (Fsp3) is 0.462. The Morgan fingerprint density at radius 1 is 1.62 bits per heavy atom. The summed E-state index contributed by atoms with van der Waals surface area (Å²) >= 11 is 2.65. The van der Waals surface area contributed by atoms with Crippen molar-refractivity contribution < 1.29 is 9.21 Å². The van der Waals surface area contributed by atoms with Crippen LogP contribution in [0.15, 0.2) is 28.0 Å². The third-order valence-corrected chi connectivity index (χ3v) is 4.64. The molecule has 3 rings (SSSR count). The largest absolute Gasteiger partial charge is 0.467 e. The van der Waals surface area contributed by atoms with Gasteiger partial charge in [-0.15, -0.1) is 0 Å². The lowest BCUT2D eigenvalue weighted by molar-refractivity contribution is 0.179. The highest BCUT2D eigenvalue weighted by Crippen LogP contribution is 2.35. The number of rotatable bonds is 5. The number of furan rings is 1. The van der Waals surface area contributed by atoms with Crippen molar-refractivity contribution in [3.8, 4) is 0 Å². The van der Waals surface area contributed by atoms with Gasteiger partial charge in [0.1, 0.15) is 5.76 Å². The summed E-state index contributed by atoms with van der Waals surface area (Å²) in [6.45, 7) is 1.98. The first-order chi connectivity index (χ1) is 10.2. The minimum Gasteiger partial charge on any atom is -0.467 e. The quantitative estimate of drug-likeness (QED) is 0.851. The fourth-order valence-corrected chi connectivity index (χ4v) is 3.29. The normalized spacial score (nSPS) is 15.7. The topological polar surface area (TPSA) is 71.3 Å². The second kappa shape index (κ2) is 6.07. The Balaban J connectivity index is 1.73. The zero-order chi connectivity index (χ0) is 14.8. The molecule has 1 unspecified atom stereocenters. The van der Waals surface area contributed by atoms with Crippen LogP contribution in [0.3, 0.4) is 0 Å². The summed E-state index contributed by atoms with van der Waals surface area (Å²) in [5, 5.41) is 4.04. The van der Waals surface area contributed by atoms with Crippen molar-refractivity contribution in [2.24, 2.45) is 0 Å². The number of amides is 2. The number of carbonyl (C=O) groups excluding carboxylic acids is 1. The number of nitrogens with one attached hydrogen (secondary N) is 1. The molecule has 0 radical (unpaired) electrons. The molecule has 6 nitrogen and oxygen atoms in total. The van der Waals surface area contributed by atoms with Crippen LogP contribution in [0, 0.1) is 0 Å². The van der Waals surface area contributed by atoms with Gasteiger partial charge in [-0.3, -0.25) is 5.32 Å². The van der Waals surface area contributed by atoms with Gasteiger partial charge in [-0.1, -0.05) is 11.8 Å². The molecule has 1 atom stereocenters. The molecule has 2 amide bonds. The van der Waals surface area contributed by atoms with Crippen molar-refractivity contribution in [1.82, 2.24) is 14.3 Å². The monoisotopic (exact) mass is 324 g/mol. The fourth-order valence-electron chi connectivity index (χ4n) is 2.18. The van der Waals surface area contributed by atoms with Gasteiger partial charge in [0.05, 0.1) is 12.3 Å². The van der Waals surface area contributed by atoms with Crippen molar-refractivity contribution in [2.45, 2.75) is 37.0 Å². The van der Waals surface area contributed by atoms with E-state index in [0.29, 0.717) is 10.3 Å². The Morgan fingerprint density at radius 2 is 2.43 bits per heavy atom. The standard InChI is InChI=1S/C13H16N4O2S2/c1-8(10-4-3-7-19-10)17(9-5-6-9)13(18)15-11-14-12(20-2)16-21-11/h3-4,7-9H,5-6H2,1-2H3,(H,14,15,16,18). The van der Waals surface area contributed by atoms with E-state index in [1.807, 2.05) is 30.2 Å². The molecule has 1 aliphatic rings.